The number of pyridine rings is 1. The molecule has 28 heavy (non-hydrogen) atoms. The Hall–Kier alpha value is -3.45. The van der Waals surface area contributed by atoms with Gasteiger partial charge in [0.25, 0.3) is 17.2 Å². The van der Waals surface area contributed by atoms with Gasteiger partial charge in [0.15, 0.2) is 0 Å². The van der Waals surface area contributed by atoms with Crippen LogP contribution in [0.5, 0.6) is 0 Å². The van der Waals surface area contributed by atoms with E-state index in [4.69, 9.17) is 11.6 Å². The van der Waals surface area contributed by atoms with Gasteiger partial charge in [-0.3, -0.25) is 19.7 Å². The molecule has 0 radical (unpaired) electrons. The molecule has 3 rings (SSSR count). The number of nitrogens with one attached hydrogen (secondary N) is 1. The fraction of sp³-hybridized carbons (Fsp3) is 0.100. The Balaban J connectivity index is 1.85. The van der Waals surface area contributed by atoms with Crippen LogP contribution in [-0.4, -0.2) is 15.4 Å². The molecular formula is C20H16ClN3O4. The van der Waals surface area contributed by atoms with Crippen LogP contribution in [0.2, 0.25) is 5.02 Å². The Morgan fingerprint density at radius 2 is 1.93 bits per heavy atom. The molecule has 1 heterocycles. The lowest BCUT2D eigenvalue weighted by Crippen LogP contribution is -2.22. The molecule has 0 saturated heterocycles. The molecule has 0 aliphatic carbocycles. The molecule has 3 aromatic rings. The number of rotatable bonds is 5. The van der Waals surface area contributed by atoms with Gasteiger partial charge in [-0.05, 0) is 36.2 Å². The summed E-state index contributed by atoms with van der Waals surface area (Å²) in [4.78, 5) is 35.1. The Kier molecular flexibility index (Phi) is 5.56. The van der Waals surface area contributed by atoms with E-state index < -0.39 is 10.8 Å². The number of amides is 1. The topological polar surface area (TPSA) is 94.2 Å². The summed E-state index contributed by atoms with van der Waals surface area (Å²) in [7, 11) is 0. The van der Waals surface area contributed by atoms with E-state index in [1.165, 1.54) is 41.1 Å². The van der Waals surface area contributed by atoms with Crippen LogP contribution in [-0.2, 0) is 6.54 Å². The van der Waals surface area contributed by atoms with Gasteiger partial charge in [-0.2, -0.15) is 0 Å². The molecule has 1 N–H and O–H groups in total. The number of halogens is 1. The van der Waals surface area contributed by atoms with Crippen LogP contribution in [0.4, 0.5) is 11.4 Å². The molecule has 0 aliphatic rings. The summed E-state index contributed by atoms with van der Waals surface area (Å²) in [6.45, 7) is 2.28. The monoisotopic (exact) mass is 397 g/mol. The number of aryl methyl sites for hydroxylation is 1. The van der Waals surface area contributed by atoms with Crippen LogP contribution < -0.4 is 10.9 Å². The first-order valence-electron chi connectivity index (χ1n) is 8.35. The lowest BCUT2D eigenvalue weighted by Gasteiger charge is -2.11. The Labute approximate surface area is 165 Å². The van der Waals surface area contributed by atoms with Gasteiger partial charge in [-0.15, -0.1) is 0 Å². The second kappa shape index (κ2) is 8.06. The van der Waals surface area contributed by atoms with E-state index in [-0.39, 0.29) is 27.5 Å². The molecule has 0 spiro atoms. The van der Waals surface area contributed by atoms with Crippen molar-refractivity contribution >= 4 is 28.9 Å². The van der Waals surface area contributed by atoms with E-state index >= 15 is 0 Å². The molecule has 142 valence electrons. The third-order valence-corrected chi connectivity index (χ3v) is 4.57. The maximum absolute atomic E-state index is 12.5. The second-order valence-corrected chi connectivity index (χ2v) is 6.60. The Bertz CT molecular complexity index is 1120. The van der Waals surface area contributed by atoms with Crippen LogP contribution in [0.3, 0.4) is 0 Å². The zero-order chi connectivity index (χ0) is 20.3. The summed E-state index contributed by atoms with van der Waals surface area (Å²) >= 11 is 5.78. The van der Waals surface area contributed by atoms with Crippen molar-refractivity contribution in [2.75, 3.05) is 5.32 Å². The van der Waals surface area contributed by atoms with Gasteiger partial charge in [0, 0.05) is 24.0 Å². The van der Waals surface area contributed by atoms with E-state index in [0.29, 0.717) is 6.54 Å². The fourth-order valence-electron chi connectivity index (χ4n) is 2.69. The number of nitrogens with zero attached hydrogens (tertiary/aromatic N) is 2. The summed E-state index contributed by atoms with van der Waals surface area (Å²) in [5, 5.41) is 13.5. The first kappa shape index (κ1) is 19.3. The molecule has 0 unspecified atom stereocenters. The fourth-order valence-corrected chi connectivity index (χ4v) is 2.88. The first-order chi connectivity index (χ1) is 13.3. The molecule has 2 aromatic carbocycles. The summed E-state index contributed by atoms with van der Waals surface area (Å²) in [6.07, 6.45) is 1.47. The average Bonchev–Trinajstić information content (AvgIpc) is 2.66. The zero-order valence-corrected chi connectivity index (χ0v) is 15.6. The normalized spacial score (nSPS) is 10.5. The van der Waals surface area contributed by atoms with E-state index in [9.17, 15) is 19.7 Å². The predicted molar refractivity (Wildman–Crippen MR) is 107 cm³/mol. The molecule has 1 amide bonds. The molecule has 0 saturated carbocycles. The van der Waals surface area contributed by atoms with Gasteiger partial charge < -0.3 is 9.88 Å². The molecule has 8 heteroatoms. The highest BCUT2D eigenvalue weighted by Crippen LogP contribution is 2.27. The molecule has 7 nitrogen and oxygen atoms in total. The third-order valence-electron chi connectivity index (χ3n) is 4.25. The van der Waals surface area contributed by atoms with Crippen LogP contribution in [0.25, 0.3) is 0 Å². The van der Waals surface area contributed by atoms with E-state index in [1.54, 1.807) is 0 Å². The highest BCUT2D eigenvalue weighted by Gasteiger charge is 2.15. The summed E-state index contributed by atoms with van der Waals surface area (Å²) in [6, 6.07) is 14.4. The quantitative estimate of drug-likeness (QED) is 0.519. The van der Waals surface area contributed by atoms with Crippen LogP contribution in [0, 0.1) is 17.0 Å². The van der Waals surface area contributed by atoms with Gasteiger partial charge in [0.2, 0.25) is 0 Å². The third kappa shape index (κ3) is 4.27. The van der Waals surface area contributed by atoms with E-state index in [0.717, 1.165) is 11.1 Å². The second-order valence-electron chi connectivity index (χ2n) is 6.19. The van der Waals surface area contributed by atoms with Crippen molar-refractivity contribution in [1.82, 2.24) is 4.57 Å². The molecule has 0 atom stereocenters. The van der Waals surface area contributed by atoms with Crippen LogP contribution in [0.15, 0.2) is 65.6 Å². The Morgan fingerprint density at radius 1 is 1.18 bits per heavy atom. The van der Waals surface area contributed by atoms with E-state index in [2.05, 4.69) is 5.32 Å². The number of benzene rings is 2. The summed E-state index contributed by atoms with van der Waals surface area (Å²) in [5.41, 5.74) is 1.96. The highest BCUT2D eigenvalue weighted by molar-refractivity contribution is 6.32. The molecule has 0 fully saturated rings. The Morgan fingerprint density at radius 3 is 2.64 bits per heavy atom. The molecule has 1 aromatic heterocycles. The van der Waals surface area contributed by atoms with Crippen molar-refractivity contribution < 1.29 is 9.72 Å². The maximum atomic E-state index is 12.5. The lowest BCUT2D eigenvalue weighted by atomic mass is 10.1. The summed E-state index contributed by atoms with van der Waals surface area (Å²) in [5.74, 6) is -0.491. The first-order valence-corrected chi connectivity index (χ1v) is 8.73. The number of hydrogen-bond acceptors (Lipinski definition) is 4. The minimum absolute atomic E-state index is 0.0187. The largest absolute Gasteiger partial charge is 0.322 e. The van der Waals surface area contributed by atoms with Crippen LogP contribution >= 0.6 is 11.6 Å². The minimum atomic E-state index is -0.625. The average molecular weight is 398 g/mol. The summed E-state index contributed by atoms with van der Waals surface area (Å²) < 4.78 is 1.45. The number of hydrogen-bond donors (Lipinski definition) is 1. The number of nitro groups is 1. The van der Waals surface area contributed by atoms with Crippen molar-refractivity contribution in [3.8, 4) is 0 Å². The van der Waals surface area contributed by atoms with Crippen molar-refractivity contribution in [3.63, 3.8) is 0 Å². The number of nitro benzene ring substituents is 1. The van der Waals surface area contributed by atoms with Crippen molar-refractivity contribution in [2.45, 2.75) is 13.5 Å². The van der Waals surface area contributed by atoms with Gasteiger partial charge in [0.05, 0.1) is 17.0 Å². The van der Waals surface area contributed by atoms with Crippen molar-refractivity contribution in [2.24, 2.45) is 0 Å². The van der Waals surface area contributed by atoms with Gasteiger partial charge in [-0.25, -0.2) is 0 Å². The molecule has 0 bridgehead atoms. The van der Waals surface area contributed by atoms with Crippen molar-refractivity contribution in [3.05, 3.63) is 103 Å². The number of aromatic nitrogens is 1. The number of carbonyl (C=O) groups is 1. The molecule has 0 aliphatic heterocycles. The van der Waals surface area contributed by atoms with Gasteiger partial charge in [-0.1, -0.05) is 35.9 Å². The zero-order valence-electron chi connectivity index (χ0n) is 14.9. The van der Waals surface area contributed by atoms with Crippen molar-refractivity contribution in [1.29, 1.82) is 0 Å². The van der Waals surface area contributed by atoms with Gasteiger partial charge >= 0.3 is 0 Å². The van der Waals surface area contributed by atoms with E-state index in [1.807, 2.05) is 31.2 Å². The highest BCUT2D eigenvalue weighted by atomic mass is 35.5. The standard InChI is InChI=1S/C20H16ClN3O4/c1-13-4-2-3-5-14(13)11-23-12-15(6-9-19(23)25)20(26)22-16-7-8-17(21)18(10-16)24(27)28/h2-10,12H,11H2,1H3,(H,22,26). The minimum Gasteiger partial charge on any atom is -0.322 e. The van der Waals surface area contributed by atoms with Crippen LogP contribution in [0.1, 0.15) is 21.5 Å². The predicted octanol–water partition coefficient (Wildman–Crippen LogP) is 4.02. The number of anilines is 1. The molecular weight excluding hydrogens is 382 g/mol. The SMILES string of the molecule is Cc1ccccc1Cn1cc(C(=O)Nc2ccc(Cl)c([N+](=O)[O-])c2)ccc1=O. The lowest BCUT2D eigenvalue weighted by molar-refractivity contribution is -0.384. The number of carbonyl (C=O) groups excluding carboxylic acids is 1. The smallest absolute Gasteiger partial charge is 0.289 e. The maximum Gasteiger partial charge on any atom is 0.289 e. The van der Waals surface area contributed by atoms with Gasteiger partial charge in [0.1, 0.15) is 5.02 Å².